The van der Waals surface area contributed by atoms with Crippen LogP contribution in [0.25, 0.3) is 0 Å². The van der Waals surface area contributed by atoms with Crippen LogP contribution in [0, 0.1) is 5.41 Å². The lowest BCUT2D eigenvalue weighted by atomic mass is 9.90. The van der Waals surface area contributed by atoms with E-state index in [0.717, 1.165) is 0 Å². The van der Waals surface area contributed by atoms with E-state index >= 15 is 0 Å². The molecule has 0 saturated heterocycles. The molecule has 0 spiro atoms. The molecule has 2 amide bonds. The zero-order chi connectivity index (χ0) is 18.4. The average Bonchev–Trinajstić information content (AvgIpc) is 2.62. The second-order valence-electron chi connectivity index (χ2n) is 5.97. The first-order valence-corrected chi connectivity index (χ1v) is 7.71. The van der Waals surface area contributed by atoms with Gasteiger partial charge in [-0.1, -0.05) is 24.3 Å². The molecule has 6 nitrogen and oxygen atoms in total. The summed E-state index contributed by atoms with van der Waals surface area (Å²) in [4.78, 5) is 36.5. The van der Waals surface area contributed by atoms with Crippen LogP contribution in [-0.2, 0) is 14.3 Å². The normalized spacial score (nSPS) is 10.7. The van der Waals surface area contributed by atoms with E-state index in [0.29, 0.717) is 16.9 Å². The van der Waals surface area contributed by atoms with Crippen LogP contribution in [0.15, 0.2) is 54.6 Å². The van der Waals surface area contributed by atoms with Crippen LogP contribution in [0.1, 0.15) is 24.2 Å². The Kier molecular flexibility index (Phi) is 5.54. The molecule has 6 heteroatoms. The van der Waals surface area contributed by atoms with E-state index in [9.17, 15) is 14.4 Å². The molecule has 2 aromatic carbocycles. The highest BCUT2D eigenvalue weighted by molar-refractivity contribution is 6.14. The summed E-state index contributed by atoms with van der Waals surface area (Å²) in [5, 5.41) is 5.37. The molecule has 2 N–H and O–H groups in total. The molecule has 2 rings (SSSR count). The van der Waals surface area contributed by atoms with Crippen LogP contribution < -0.4 is 10.6 Å². The predicted molar refractivity (Wildman–Crippen MR) is 95.3 cm³/mol. The summed E-state index contributed by atoms with van der Waals surface area (Å²) in [6, 6.07) is 15.2. The number of rotatable bonds is 5. The second-order valence-corrected chi connectivity index (χ2v) is 5.97. The van der Waals surface area contributed by atoms with Gasteiger partial charge >= 0.3 is 5.97 Å². The maximum atomic E-state index is 12.5. The second kappa shape index (κ2) is 7.61. The summed E-state index contributed by atoms with van der Waals surface area (Å²) < 4.78 is 4.65. The van der Waals surface area contributed by atoms with Crippen LogP contribution in [0.5, 0.6) is 0 Å². The van der Waals surface area contributed by atoms with Crippen molar-refractivity contribution < 1.29 is 19.1 Å². The third kappa shape index (κ3) is 4.44. The van der Waals surface area contributed by atoms with Crippen molar-refractivity contribution in [2.24, 2.45) is 5.41 Å². The summed E-state index contributed by atoms with van der Waals surface area (Å²) >= 11 is 0. The van der Waals surface area contributed by atoms with Crippen molar-refractivity contribution in [1.29, 1.82) is 0 Å². The molecule has 0 atom stereocenters. The number of methoxy groups -OCH3 is 1. The monoisotopic (exact) mass is 340 g/mol. The smallest absolute Gasteiger partial charge is 0.337 e. The Bertz CT molecular complexity index is 785. The fourth-order valence-corrected chi connectivity index (χ4v) is 2.04. The zero-order valence-electron chi connectivity index (χ0n) is 14.3. The number of nitrogens with one attached hydrogen (secondary N) is 2. The van der Waals surface area contributed by atoms with Gasteiger partial charge in [0, 0.05) is 11.4 Å². The summed E-state index contributed by atoms with van der Waals surface area (Å²) in [5.41, 5.74) is 0.0262. The number of carbonyl (C=O) groups excluding carboxylic acids is 3. The lowest BCUT2D eigenvalue weighted by Gasteiger charge is -2.22. The van der Waals surface area contributed by atoms with E-state index in [2.05, 4.69) is 15.4 Å². The van der Waals surface area contributed by atoms with Crippen molar-refractivity contribution >= 4 is 29.2 Å². The molecule has 0 unspecified atom stereocenters. The Balaban J connectivity index is 2.10. The number of hydrogen-bond donors (Lipinski definition) is 2. The molecule has 0 aliphatic heterocycles. The molecule has 130 valence electrons. The number of para-hydroxylation sites is 1. The van der Waals surface area contributed by atoms with Crippen molar-refractivity contribution in [2.45, 2.75) is 13.8 Å². The summed E-state index contributed by atoms with van der Waals surface area (Å²) in [7, 11) is 1.28. The quantitative estimate of drug-likeness (QED) is 0.647. The molecule has 0 saturated carbocycles. The van der Waals surface area contributed by atoms with Gasteiger partial charge in [-0.15, -0.1) is 0 Å². The van der Waals surface area contributed by atoms with Gasteiger partial charge in [0.05, 0.1) is 12.7 Å². The van der Waals surface area contributed by atoms with E-state index in [1.807, 2.05) is 6.07 Å². The lowest BCUT2D eigenvalue weighted by Crippen LogP contribution is -2.41. The average molecular weight is 340 g/mol. The van der Waals surface area contributed by atoms with E-state index in [4.69, 9.17) is 0 Å². The molecular weight excluding hydrogens is 320 g/mol. The highest BCUT2D eigenvalue weighted by Crippen LogP contribution is 2.22. The first kappa shape index (κ1) is 18.2. The highest BCUT2D eigenvalue weighted by Gasteiger charge is 2.36. The van der Waals surface area contributed by atoms with Crippen LogP contribution in [0.3, 0.4) is 0 Å². The van der Waals surface area contributed by atoms with E-state index < -0.39 is 23.2 Å². The van der Waals surface area contributed by atoms with E-state index in [1.54, 1.807) is 42.5 Å². The first-order chi connectivity index (χ1) is 11.8. The number of hydrogen-bond acceptors (Lipinski definition) is 4. The molecule has 2 aromatic rings. The lowest BCUT2D eigenvalue weighted by molar-refractivity contribution is -0.135. The molecule has 0 heterocycles. The van der Waals surface area contributed by atoms with Gasteiger partial charge in [0.25, 0.3) is 0 Å². The summed E-state index contributed by atoms with van der Waals surface area (Å²) in [6.07, 6.45) is 0. The molecule has 0 aromatic heterocycles. The number of benzene rings is 2. The topological polar surface area (TPSA) is 84.5 Å². The van der Waals surface area contributed by atoms with Gasteiger partial charge in [-0.05, 0) is 44.2 Å². The number of carbonyl (C=O) groups is 3. The van der Waals surface area contributed by atoms with E-state index in [1.165, 1.54) is 27.0 Å². The van der Waals surface area contributed by atoms with Crippen molar-refractivity contribution in [3.63, 3.8) is 0 Å². The number of amides is 2. The molecule has 0 aliphatic rings. The van der Waals surface area contributed by atoms with Gasteiger partial charge in [0.1, 0.15) is 5.41 Å². The van der Waals surface area contributed by atoms with E-state index in [-0.39, 0.29) is 0 Å². The molecular formula is C19H20N2O4. The first-order valence-electron chi connectivity index (χ1n) is 7.71. The van der Waals surface area contributed by atoms with Crippen molar-refractivity contribution in [3.05, 3.63) is 60.2 Å². The maximum absolute atomic E-state index is 12.5. The predicted octanol–water partition coefficient (Wildman–Crippen LogP) is 3.08. The van der Waals surface area contributed by atoms with Gasteiger partial charge in [-0.25, -0.2) is 4.79 Å². The Morgan fingerprint density at radius 1 is 0.840 bits per heavy atom. The van der Waals surface area contributed by atoms with Gasteiger partial charge in [-0.3, -0.25) is 9.59 Å². The van der Waals surface area contributed by atoms with Crippen molar-refractivity contribution in [2.75, 3.05) is 17.7 Å². The highest BCUT2D eigenvalue weighted by atomic mass is 16.5. The molecule has 0 radical (unpaired) electrons. The minimum atomic E-state index is -1.31. The van der Waals surface area contributed by atoms with Gasteiger partial charge in [0.2, 0.25) is 11.8 Å². The van der Waals surface area contributed by atoms with Crippen LogP contribution in [-0.4, -0.2) is 24.9 Å². The molecule has 25 heavy (non-hydrogen) atoms. The summed E-state index contributed by atoms with van der Waals surface area (Å²) in [5.74, 6) is -1.42. The van der Waals surface area contributed by atoms with Crippen molar-refractivity contribution in [1.82, 2.24) is 0 Å². The fourth-order valence-electron chi connectivity index (χ4n) is 2.04. The van der Waals surface area contributed by atoms with Gasteiger partial charge in [0.15, 0.2) is 0 Å². The third-order valence-corrected chi connectivity index (χ3v) is 3.71. The fraction of sp³-hybridized carbons (Fsp3) is 0.211. The molecule has 0 fully saturated rings. The van der Waals surface area contributed by atoms with Crippen LogP contribution in [0.4, 0.5) is 11.4 Å². The Hall–Kier alpha value is -3.15. The molecule has 0 bridgehead atoms. The Morgan fingerprint density at radius 3 is 2.00 bits per heavy atom. The Labute approximate surface area is 146 Å². The van der Waals surface area contributed by atoms with Gasteiger partial charge in [-0.2, -0.15) is 0 Å². The van der Waals surface area contributed by atoms with Crippen molar-refractivity contribution in [3.8, 4) is 0 Å². The minimum Gasteiger partial charge on any atom is -0.465 e. The standard InChI is InChI=1S/C19H20N2O4/c1-19(2,17(23)20-14-9-5-4-6-10-14)18(24)21-15-11-7-8-13(12-15)16(22)25-3/h4-12H,1-3H3,(H,20,23)(H,21,24). The number of ether oxygens (including phenoxy) is 1. The number of esters is 1. The zero-order valence-corrected chi connectivity index (χ0v) is 14.3. The SMILES string of the molecule is COC(=O)c1cccc(NC(=O)C(C)(C)C(=O)Nc2ccccc2)c1. The largest absolute Gasteiger partial charge is 0.465 e. The Morgan fingerprint density at radius 2 is 1.40 bits per heavy atom. The van der Waals surface area contributed by atoms with Crippen LogP contribution >= 0.6 is 0 Å². The maximum Gasteiger partial charge on any atom is 0.337 e. The number of anilines is 2. The summed E-state index contributed by atoms with van der Waals surface area (Å²) in [6.45, 7) is 3.07. The minimum absolute atomic E-state index is 0.312. The third-order valence-electron chi connectivity index (χ3n) is 3.71. The molecule has 0 aliphatic carbocycles. The van der Waals surface area contributed by atoms with Gasteiger partial charge < -0.3 is 15.4 Å². The van der Waals surface area contributed by atoms with Crippen LogP contribution in [0.2, 0.25) is 0 Å².